The fraction of sp³-hybridized carbons (Fsp3) is 0.550. The van der Waals surface area contributed by atoms with Gasteiger partial charge in [-0.2, -0.15) is 4.98 Å². The lowest BCUT2D eigenvalue weighted by atomic mass is 10.1. The van der Waals surface area contributed by atoms with Crippen LogP contribution in [0.15, 0.2) is 12.4 Å². The number of morpholine rings is 1. The molecule has 0 aromatic carbocycles. The summed E-state index contributed by atoms with van der Waals surface area (Å²) in [5.41, 5.74) is 8.49. The molecular weight excluding hydrogens is 398 g/mol. The molecule has 2 fully saturated rings. The van der Waals surface area contributed by atoms with Crippen molar-refractivity contribution in [3.05, 3.63) is 18.0 Å². The number of ether oxygens (including phenoxy) is 1. The average molecular weight is 425 g/mol. The predicted octanol–water partition coefficient (Wildman–Crippen LogP) is 0.129. The van der Waals surface area contributed by atoms with E-state index in [-0.39, 0.29) is 18.0 Å². The summed E-state index contributed by atoms with van der Waals surface area (Å²) in [5, 5.41) is 2.72. The summed E-state index contributed by atoms with van der Waals surface area (Å²) in [7, 11) is 1.67. The van der Waals surface area contributed by atoms with Crippen molar-refractivity contribution in [2.75, 3.05) is 68.5 Å². The number of fused-ring (bicyclic) bond motifs is 1. The Balaban J connectivity index is 1.52. The molecule has 11 nitrogen and oxygen atoms in total. The number of carbonyl (C=O) groups is 1. The number of nitrogens with two attached hydrogens (primary N) is 1. The normalized spacial score (nSPS) is 20.8. The van der Waals surface area contributed by atoms with E-state index in [2.05, 4.69) is 25.1 Å². The maximum Gasteiger partial charge on any atom is 0.317 e. The second-order valence-corrected chi connectivity index (χ2v) is 7.99. The number of nitrogen functional groups attached to an aromatic ring is 1. The minimum atomic E-state index is -0.0293. The van der Waals surface area contributed by atoms with E-state index in [0.29, 0.717) is 25.7 Å². The van der Waals surface area contributed by atoms with Gasteiger partial charge in [0.2, 0.25) is 11.9 Å². The molecule has 164 valence electrons. The highest BCUT2D eigenvalue weighted by molar-refractivity contribution is 5.75. The van der Waals surface area contributed by atoms with Crippen LogP contribution < -0.4 is 20.9 Å². The Morgan fingerprint density at radius 3 is 2.68 bits per heavy atom. The van der Waals surface area contributed by atoms with Crippen LogP contribution in [0.4, 0.5) is 22.5 Å². The van der Waals surface area contributed by atoms with Gasteiger partial charge in [-0.3, -0.25) is 0 Å². The number of aromatic nitrogens is 4. The van der Waals surface area contributed by atoms with Crippen LogP contribution in [0.3, 0.4) is 0 Å². The molecule has 2 aromatic rings. The SMILES string of the molecule is CNC(=O)N1CC[C@H](N2CCc3c(-c4cnc(N)nc4)nc(N4CCOCC4)nc32)C1. The van der Waals surface area contributed by atoms with E-state index in [0.717, 1.165) is 61.7 Å². The van der Waals surface area contributed by atoms with Gasteiger partial charge in [-0.15, -0.1) is 0 Å². The van der Waals surface area contributed by atoms with Gasteiger partial charge in [0, 0.05) is 69.3 Å². The van der Waals surface area contributed by atoms with Crippen molar-refractivity contribution in [2.24, 2.45) is 0 Å². The molecule has 2 amide bonds. The largest absolute Gasteiger partial charge is 0.378 e. The summed E-state index contributed by atoms with van der Waals surface area (Å²) in [6.45, 7) is 5.12. The molecule has 2 aromatic heterocycles. The van der Waals surface area contributed by atoms with Crippen LogP contribution >= 0.6 is 0 Å². The summed E-state index contributed by atoms with van der Waals surface area (Å²) in [6, 6.07) is 0.208. The Bertz CT molecular complexity index is 962. The first-order valence-electron chi connectivity index (χ1n) is 10.7. The Kier molecular flexibility index (Phi) is 5.18. The standard InChI is InChI=1S/C20H27N9O2/c1-22-20(30)28-4-2-14(12-28)29-5-3-15-16(13-10-23-18(21)24-11-13)25-19(26-17(15)29)27-6-8-31-9-7-27/h10-11,14H,2-9,12H2,1H3,(H,22,30)(H2,21,23,24)/t14-/m0/s1. The number of nitrogens with one attached hydrogen (secondary N) is 1. The van der Waals surface area contributed by atoms with Crippen molar-refractivity contribution in [3.8, 4) is 11.3 Å². The van der Waals surface area contributed by atoms with Gasteiger partial charge in [0.1, 0.15) is 5.82 Å². The third kappa shape index (κ3) is 3.69. The predicted molar refractivity (Wildman–Crippen MR) is 116 cm³/mol. The van der Waals surface area contributed by atoms with Crippen molar-refractivity contribution in [3.63, 3.8) is 0 Å². The summed E-state index contributed by atoms with van der Waals surface area (Å²) >= 11 is 0. The topological polar surface area (TPSA) is 126 Å². The molecule has 0 bridgehead atoms. The summed E-state index contributed by atoms with van der Waals surface area (Å²) in [5.74, 6) is 1.89. The van der Waals surface area contributed by atoms with Gasteiger partial charge in [0.25, 0.3) is 0 Å². The van der Waals surface area contributed by atoms with Gasteiger partial charge in [-0.25, -0.2) is 19.7 Å². The number of urea groups is 1. The molecule has 2 saturated heterocycles. The lowest BCUT2D eigenvalue weighted by Gasteiger charge is -2.30. The van der Waals surface area contributed by atoms with Crippen LogP contribution in [0.2, 0.25) is 0 Å². The van der Waals surface area contributed by atoms with E-state index >= 15 is 0 Å². The number of rotatable bonds is 3. The molecule has 3 aliphatic rings. The van der Waals surface area contributed by atoms with Crippen molar-refractivity contribution in [1.82, 2.24) is 30.2 Å². The molecule has 0 unspecified atom stereocenters. The van der Waals surface area contributed by atoms with Crippen LogP contribution in [-0.2, 0) is 11.2 Å². The summed E-state index contributed by atoms with van der Waals surface area (Å²) in [4.78, 5) is 36.7. The first kappa shape index (κ1) is 19.7. The minimum absolute atomic E-state index is 0.0293. The third-order valence-corrected chi connectivity index (χ3v) is 6.19. The zero-order chi connectivity index (χ0) is 21.4. The van der Waals surface area contributed by atoms with Gasteiger partial charge in [0.05, 0.1) is 18.9 Å². The smallest absolute Gasteiger partial charge is 0.317 e. The van der Waals surface area contributed by atoms with Gasteiger partial charge in [0.15, 0.2) is 0 Å². The van der Waals surface area contributed by atoms with Crippen molar-refractivity contribution < 1.29 is 9.53 Å². The molecule has 3 N–H and O–H groups in total. The molecule has 5 heterocycles. The molecule has 0 saturated carbocycles. The lowest BCUT2D eigenvalue weighted by molar-refractivity contribution is 0.122. The van der Waals surface area contributed by atoms with Crippen LogP contribution in [0, 0.1) is 0 Å². The molecule has 31 heavy (non-hydrogen) atoms. The van der Waals surface area contributed by atoms with Crippen LogP contribution in [-0.4, -0.2) is 89.9 Å². The zero-order valence-electron chi connectivity index (χ0n) is 17.6. The highest BCUT2D eigenvalue weighted by Crippen LogP contribution is 2.37. The molecular formula is C20H27N9O2. The molecule has 11 heteroatoms. The van der Waals surface area contributed by atoms with E-state index in [1.165, 1.54) is 0 Å². The highest BCUT2D eigenvalue weighted by Gasteiger charge is 2.36. The monoisotopic (exact) mass is 425 g/mol. The maximum atomic E-state index is 12.1. The van der Waals surface area contributed by atoms with Crippen LogP contribution in [0.5, 0.6) is 0 Å². The quantitative estimate of drug-likeness (QED) is 0.705. The number of amides is 2. The van der Waals surface area contributed by atoms with Crippen molar-refractivity contribution in [1.29, 1.82) is 0 Å². The fourth-order valence-electron chi connectivity index (χ4n) is 4.56. The molecule has 0 radical (unpaired) electrons. The number of likely N-dealkylation sites (tertiary alicyclic amines) is 1. The first-order chi connectivity index (χ1) is 15.1. The molecule has 0 aliphatic carbocycles. The van der Waals surface area contributed by atoms with Crippen LogP contribution in [0.1, 0.15) is 12.0 Å². The Morgan fingerprint density at radius 1 is 1.16 bits per heavy atom. The molecule has 5 rings (SSSR count). The third-order valence-electron chi connectivity index (χ3n) is 6.19. The Morgan fingerprint density at radius 2 is 1.94 bits per heavy atom. The fourth-order valence-corrected chi connectivity index (χ4v) is 4.56. The highest BCUT2D eigenvalue weighted by atomic mass is 16.5. The number of anilines is 3. The van der Waals surface area contributed by atoms with E-state index in [4.69, 9.17) is 20.4 Å². The van der Waals surface area contributed by atoms with E-state index < -0.39 is 0 Å². The van der Waals surface area contributed by atoms with E-state index in [9.17, 15) is 4.79 Å². The lowest BCUT2D eigenvalue weighted by Crippen LogP contribution is -2.41. The summed E-state index contributed by atoms with van der Waals surface area (Å²) in [6.07, 6.45) is 5.21. The number of nitrogens with zero attached hydrogens (tertiary/aromatic N) is 7. The molecule has 1 atom stereocenters. The number of carbonyl (C=O) groups excluding carboxylic acids is 1. The number of hydrogen-bond donors (Lipinski definition) is 2. The van der Waals surface area contributed by atoms with Gasteiger partial charge < -0.3 is 30.5 Å². The van der Waals surface area contributed by atoms with Gasteiger partial charge >= 0.3 is 6.03 Å². The average Bonchev–Trinajstić information content (AvgIpc) is 3.46. The first-order valence-corrected chi connectivity index (χ1v) is 10.7. The second-order valence-electron chi connectivity index (χ2n) is 7.99. The van der Waals surface area contributed by atoms with E-state index in [1.807, 2.05) is 4.90 Å². The van der Waals surface area contributed by atoms with Crippen molar-refractivity contribution >= 4 is 23.7 Å². The minimum Gasteiger partial charge on any atom is -0.378 e. The molecule has 0 spiro atoms. The van der Waals surface area contributed by atoms with Gasteiger partial charge in [-0.1, -0.05) is 0 Å². The number of hydrogen-bond acceptors (Lipinski definition) is 9. The van der Waals surface area contributed by atoms with Crippen molar-refractivity contribution in [2.45, 2.75) is 18.9 Å². The van der Waals surface area contributed by atoms with E-state index in [1.54, 1.807) is 19.4 Å². The maximum absolute atomic E-state index is 12.1. The van der Waals surface area contributed by atoms with Crippen LogP contribution in [0.25, 0.3) is 11.3 Å². The molecule has 3 aliphatic heterocycles. The zero-order valence-corrected chi connectivity index (χ0v) is 17.6. The second kappa shape index (κ2) is 8.14. The summed E-state index contributed by atoms with van der Waals surface area (Å²) < 4.78 is 5.50. The van der Waals surface area contributed by atoms with Gasteiger partial charge in [-0.05, 0) is 12.8 Å². The Labute approximate surface area is 180 Å². The Hall–Kier alpha value is -3.21.